The zero-order chi connectivity index (χ0) is 26.4. The van der Waals surface area contributed by atoms with Gasteiger partial charge in [-0.05, 0) is 92.6 Å². The number of aliphatic carboxylic acids is 1. The van der Waals surface area contributed by atoms with Crippen molar-refractivity contribution in [1.29, 1.82) is 0 Å². The minimum Gasteiger partial charge on any atom is -0.497 e. The lowest BCUT2D eigenvalue weighted by molar-refractivity contribution is -0.140. The second kappa shape index (κ2) is 12.1. The highest BCUT2D eigenvalue weighted by Gasteiger charge is 2.36. The number of hydrogen-bond acceptors (Lipinski definition) is 4. The summed E-state index contributed by atoms with van der Waals surface area (Å²) in [6, 6.07) is 9.92. The first-order valence-electron chi connectivity index (χ1n) is 12.3. The number of carboxylic acids is 1. The van der Waals surface area contributed by atoms with Crippen LogP contribution in [0.4, 0.5) is 4.39 Å². The maximum atomic E-state index is 13.2. The Kier molecular flexibility index (Phi) is 8.91. The van der Waals surface area contributed by atoms with Crippen LogP contribution in [-0.4, -0.2) is 47.7 Å². The van der Waals surface area contributed by atoms with Gasteiger partial charge in [0, 0.05) is 17.1 Å². The van der Waals surface area contributed by atoms with E-state index in [1.165, 1.54) is 12.1 Å². The summed E-state index contributed by atoms with van der Waals surface area (Å²) in [6.45, 7) is 2.10. The number of fused-ring (bicyclic) bond motifs is 1. The Hall–Kier alpha value is -2.85. The van der Waals surface area contributed by atoms with Gasteiger partial charge in [0.2, 0.25) is 0 Å². The van der Waals surface area contributed by atoms with Gasteiger partial charge in [-0.2, -0.15) is 0 Å². The summed E-state index contributed by atoms with van der Waals surface area (Å²) in [7, 11) is 1.63. The van der Waals surface area contributed by atoms with Crippen LogP contribution in [0.1, 0.15) is 43.2 Å². The van der Waals surface area contributed by atoms with Crippen molar-refractivity contribution in [2.45, 2.75) is 38.5 Å². The van der Waals surface area contributed by atoms with E-state index >= 15 is 0 Å². The summed E-state index contributed by atoms with van der Waals surface area (Å²) >= 11 is 12.6. The third-order valence-corrected chi connectivity index (χ3v) is 7.81. The van der Waals surface area contributed by atoms with E-state index in [0.717, 1.165) is 67.4 Å². The Morgan fingerprint density at radius 1 is 1.19 bits per heavy atom. The largest absolute Gasteiger partial charge is 0.497 e. The predicted molar refractivity (Wildman–Crippen MR) is 145 cm³/mol. The number of benzene rings is 2. The Labute approximate surface area is 226 Å². The lowest BCUT2D eigenvalue weighted by Crippen LogP contribution is -2.41. The Morgan fingerprint density at radius 3 is 2.68 bits per heavy atom. The monoisotopic (exact) mass is 542 g/mol. The summed E-state index contributed by atoms with van der Waals surface area (Å²) in [5.41, 5.74) is 2.21. The second-order valence-corrected chi connectivity index (χ2v) is 10.4. The molecular weight excluding hydrogens is 514 g/mol. The molecule has 1 N–H and O–H groups in total. The first kappa shape index (κ1) is 27.2. The van der Waals surface area contributed by atoms with E-state index in [9.17, 15) is 14.3 Å². The van der Waals surface area contributed by atoms with E-state index in [-0.39, 0.29) is 17.7 Å². The van der Waals surface area contributed by atoms with Gasteiger partial charge in [0.05, 0.1) is 35.6 Å². The van der Waals surface area contributed by atoms with Crippen molar-refractivity contribution in [2.75, 3.05) is 26.7 Å². The third kappa shape index (κ3) is 6.93. The molecule has 1 aliphatic heterocycles. The van der Waals surface area contributed by atoms with E-state index in [1.54, 1.807) is 19.4 Å². The molecule has 2 heterocycles. The molecule has 0 unspecified atom stereocenters. The van der Waals surface area contributed by atoms with Gasteiger partial charge in [-0.3, -0.25) is 14.7 Å². The van der Waals surface area contributed by atoms with Crippen molar-refractivity contribution in [3.05, 3.63) is 69.6 Å². The lowest BCUT2D eigenvalue weighted by Gasteiger charge is -2.40. The van der Waals surface area contributed by atoms with Crippen LogP contribution in [0.5, 0.6) is 5.75 Å². The Balaban J connectivity index is 1.39. The van der Waals surface area contributed by atoms with E-state index in [0.29, 0.717) is 22.2 Å². The van der Waals surface area contributed by atoms with E-state index in [4.69, 9.17) is 27.9 Å². The van der Waals surface area contributed by atoms with Gasteiger partial charge < -0.3 is 9.84 Å². The van der Waals surface area contributed by atoms with Gasteiger partial charge >= 0.3 is 5.97 Å². The molecule has 4 rings (SSSR count). The van der Waals surface area contributed by atoms with Crippen LogP contribution in [0.15, 0.2) is 42.6 Å². The van der Waals surface area contributed by atoms with Gasteiger partial charge in [-0.1, -0.05) is 35.0 Å². The first-order chi connectivity index (χ1) is 17.8. The fourth-order valence-corrected chi connectivity index (χ4v) is 5.54. The molecule has 0 amide bonds. The molecule has 1 saturated heterocycles. The van der Waals surface area contributed by atoms with Crippen LogP contribution in [-0.2, 0) is 11.2 Å². The van der Waals surface area contributed by atoms with Crippen molar-refractivity contribution < 1.29 is 19.0 Å². The number of carbonyl (C=O) groups is 1. The summed E-state index contributed by atoms with van der Waals surface area (Å²) in [5, 5.41) is 11.5. The molecule has 0 atom stereocenters. The van der Waals surface area contributed by atoms with Crippen molar-refractivity contribution in [2.24, 2.45) is 5.41 Å². The maximum Gasteiger partial charge on any atom is 0.303 e. The summed E-state index contributed by atoms with van der Waals surface area (Å²) in [5.74, 6) is 5.72. The standard InChI is InChI=1S/C29H29Cl2FN2O3/c1-37-22-8-9-27-24(17-22)23(26(31)19-33-27)5-2-10-29(18-28(35)36)11-14-34(15-12-29)13-3-4-20-6-7-21(32)16-25(20)30/h6-9,16-17,19H,2,5,10-15,18H2,1H3,(H,35,36). The highest BCUT2D eigenvalue weighted by molar-refractivity contribution is 6.32. The minimum atomic E-state index is -0.767. The Bertz CT molecular complexity index is 1340. The molecule has 37 heavy (non-hydrogen) atoms. The number of likely N-dealkylation sites (tertiary alicyclic amines) is 1. The smallest absolute Gasteiger partial charge is 0.303 e. The minimum absolute atomic E-state index is 0.149. The number of halogens is 3. The van der Waals surface area contributed by atoms with Crippen molar-refractivity contribution in [1.82, 2.24) is 9.88 Å². The number of piperidine rings is 1. The normalized spacial score (nSPS) is 15.2. The quantitative estimate of drug-likeness (QED) is 0.324. The number of ether oxygens (including phenoxy) is 1. The molecule has 8 heteroatoms. The zero-order valence-electron chi connectivity index (χ0n) is 20.7. The molecule has 5 nitrogen and oxygen atoms in total. The average Bonchev–Trinajstić information content (AvgIpc) is 2.87. The van der Waals surface area contributed by atoms with Gasteiger partial charge in [0.1, 0.15) is 11.6 Å². The molecule has 0 radical (unpaired) electrons. The molecular formula is C29H29Cl2FN2O3. The van der Waals surface area contributed by atoms with Gasteiger partial charge in [0.15, 0.2) is 0 Å². The SMILES string of the molecule is COc1ccc2ncc(Cl)c(CCCC3(CC(=O)O)CCN(CC#Cc4ccc(F)cc4Cl)CC3)c2c1. The Morgan fingerprint density at radius 2 is 1.97 bits per heavy atom. The predicted octanol–water partition coefficient (Wildman–Crippen LogP) is 6.62. The van der Waals surface area contributed by atoms with Crippen LogP contribution >= 0.6 is 23.2 Å². The van der Waals surface area contributed by atoms with Crippen LogP contribution in [0, 0.1) is 23.1 Å². The highest BCUT2D eigenvalue weighted by atomic mass is 35.5. The average molecular weight is 543 g/mol. The molecule has 0 aliphatic carbocycles. The van der Waals surface area contributed by atoms with Gasteiger partial charge in [0.25, 0.3) is 0 Å². The zero-order valence-corrected chi connectivity index (χ0v) is 22.2. The fourth-order valence-electron chi connectivity index (χ4n) is 5.08. The first-order valence-corrected chi connectivity index (χ1v) is 13.0. The van der Waals surface area contributed by atoms with Crippen LogP contribution < -0.4 is 4.74 Å². The molecule has 3 aromatic rings. The molecule has 1 fully saturated rings. The van der Waals surface area contributed by atoms with Crippen molar-refractivity contribution >= 4 is 40.1 Å². The molecule has 0 spiro atoms. The van der Waals surface area contributed by atoms with Crippen LogP contribution in [0.25, 0.3) is 10.9 Å². The molecule has 0 saturated carbocycles. The second-order valence-electron chi connectivity index (χ2n) is 9.59. The molecule has 1 aliphatic rings. The number of nitrogens with zero attached hydrogens (tertiary/aromatic N) is 2. The molecule has 2 aromatic carbocycles. The van der Waals surface area contributed by atoms with Crippen LogP contribution in [0.2, 0.25) is 10.0 Å². The van der Waals surface area contributed by atoms with E-state index in [1.807, 2.05) is 18.2 Å². The molecule has 0 bridgehead atoms. The summed E-state index contributed by atoms with van der Waals surface area (Å²) < 4.78 is 18.6. The maximum absolute atomic E-state index is 13.2. The highest BCUT2D eigenvalue weighted by Crippen LogP contribution is 2.40. The summed E-state index contributed by atoms with van der Waals surface area (Å²) in [4.78, 5) is 18.4. The third-order valence-electron chi connectivity index (χ3n) is 7.17. The van der Waals surface area contributed by atoms with E-state index < -0.39 is 5.97 Å². The number of rotatable bonds is 8. The van der Waals surface area contributed by atoms with Crippen molar-refractivity contribution in [3.63, 3.8) is 0 Å². The number of carboxylic acid groups (broad SMARTS) is 1. The van der Waals surface area contributed by atoms with Gasteiger partial charge in [-0.15, -0.1) is 0 Å². The number of hydrogen-bond donors (Lipinski definition) is 1. The van der Waals surface area contributed by atoms with Crippen molar-refractivity contribution in [3.8, 4) is 17.6 Å². The number of methoxy groups -OCH3 is 1. The number of pyridine rings is 1. The van der Waals surface area contributed by atoms with E-state index in [2.05, 4.69) is 21.7 Å². The summed E-state index contributed by atoms with van der Waals surface area (Å²) in [6.07, 6.45) is 5.77. The fraction of sp³-hybridized carbons (Fsp3) is 0.379. The lowest BCUT2D eigenvalue weighted by atomic mass is 9.72. The van der Waals surface area contributed by atoms with Gasteiger partial charge in [-0.25, -0.2) is 4.39 Å². The van der Waals surface area contributed by atoms with Crippen LogP contribution in [0.3, 0.4) is 0 Å². The number of aromatic nitrogens is 1. The molecule has 194 valence electrons. The topological polar surface area (TPSA) is 62.7 Å². The molecule has 1 aromatic heterocycles. The number of aryl methyl sites for hydroxylation is 1.